The number of amides is 1. The second-order valence-corrected chi connectivity index (χ2v) is 8.30. The fourth-order valence-electron chi connectivity index (χ4n) is 2.34. The van der Waals surface area contributed by atoms with Gasteiger partial charge in [-0.05, 0) is 24.0 Å². The second-order valence-electron chi connectivity index (χ2n) is 5.95. The van der Waals surface area contributed by atoms with E-state index >= 15 is 0 Å². The van der Waals surface area contributed by atoms with Gasteiger partial charge in [0.1, 0.15) is 0 Å². The molecule has 1 heterocycles. The van der Waals surface area contributed by atoms with Gasteiger partial charge in [-0.15, -0.1) is 0 Å². The molecule has 0 spiro atoms. The van der Waals surface area contributed by atoms with E-state index in [1.54, 1.807) is 4.90 Å². The number of nitrogens with zero attached hydrogens (tertiary/aromatic N) is 1. The summed E-state index contributed by atoms with van der Waals surface area (Å²) in [5.74, 6) is -0.335. The number of sulfonamides is 1. The van der Waals surface area contributed by atoms with Crippen molar-refractivity contribution in [3.8, 4) is 0 Å². The van der Waals surface area contributed by atoms with E-state index in [1.807, 2.05) is 0 Å². The third-order valence-electron chi connectivity index (χ3n) is 3.53. The van der Waals surface area contributed by atoms with Crippen molar-refractivity contribution in [2.75, 3.05) is 13.1 Å². The Balaban J connectivity index is 2.44. The van der Waals surface area contributed by atoms with Crippen LogP contribution in [0.1, 0.15) is 30.6 Å². The Hall–Kier alpha value is -0.820. The quantitative estimate of drug-likeness (QED) is 0.889. The Labute approximate surface area is 134 Å². The summed E-state index contributed by atoms with van der Waals surface area (Å²) in [4.78, 5) is 14.0. The minimum atomic E-state index is -3.96. The summed E-state index contributed by atoms with van der Waals surface area (Å²) < 4.78 is 22.9. The highest BCUT2D eigenvalue weighted by atomic mass is 35.5. The van der Waals surface area contributed by atoms with Crippen molar-refractivity contribution < 1.29 is 13.2 Å². The lowest BCUT2D eigenvalue weighted by Gasteiger charge is -2.20. The van der Waals surface area contributed by atoms with Gasteiger partial charge in [0.05, 0.1) is 20.5 Å². The van der Waals surface area contributed by atoms with Gasteiger partial charge in [-0.2, -0.15) is 0 Å². The highest BCUT2D eigenvalue weighted by molar-refractivity contribution is 7.89. The molecule has 5 nitrogen and oxygen atoms in total. The normalized spacial score (nSPS) is 18.0. The highest BCUT2D eigenvalue weighted by Gasteiger charge is 2.33. The number of hydrogen-bond acceptors (Lipinski definition) is 3. The summed E-state index contributed by atoms with van der Waals surface area (Å²) in [7, 11) is -3.96. The van der Waals surface area contributed by atoms with E-state index in [0.717, 1.165) is 12.5 Å². The van der Waals surface area contributed by atoms with Crippen LogP contribution in [-0.2, 0) is 10.0 Å². The summed E-state index contributed by atoms with van der Waals surface area (Å²) in [6.45, 7) is 5.31. The smallest absolute Gasteiger partial charge is 0.255 e. The molecule has 0 saturated carbocycles. The van der Waals surface area contributed by atoms with Crippen LogP contribution in [0.2, 0.25) is 10.0 Å². The molecule has 1 aromatic rings. The number of nitrogens with two attached hydrogens (primary N) is 1. The van der Waals surface area contributed by atoms with Gasteiger partial charge in [0.2, 0.25) is 10.0 Å². The number of halogens is 2. The van der Waals surface area contributed by atoms with Crippen LogP contribution in [-0.4, -0.2) is 32.3 Å². The van der Waals surface area contributed by atoms with Crippen LogP contribution in [0.15, 0.2) is 17.0 Å². The van der Waals surface area contributed by atoms with Crippen molar-refractivity contribution in [2.24, 2.45) is 10.6 Å². The first-order valence-corrected chi connectivity index (χ1v) is 8.63. The largest absolute Gasteiger partial charge is 0.338 e. The Morgan fingerprint density at radius 1 is 1.33 bits per heavy atom. The van der Waals surface area contributed by atoms with E-state index in [-0.39, 0.29) is 31.8 Å². The molecule has 0 aromatic heterocycles. The second kappa shape index (κ2) is 5.43. The topological polar surface area (TPSA) is 80.5 Å². The third kappa shape index (κ3) is 3.51. The first kappa shape index (κ1) is 16.5. The molecular weight excluding hydrogens is 335 g/mol. The minimum absolute atomic E-state index is 0.00926. The molecule has 1 aromatic carbocycles. The molecule has 1 saturated heterocycles. The van der Waals surface area contributed by atoms with E-state index < -0.39 is 10.0 Å². The van der Waals surface area contributed by atoms with Crippen LogP contribution in [0, 0.1) is 5.41 Å². The van der Waals surface area contributed by atoms with Gasteiger partial charge in [-0.25, -0.2) is 13.6 Å². The Morgan fingerprint density at radius 3 is 2.43 bits per heavy atom. The van der Waals surface area contributed by atoms with Gasteiger partial charge in [0, 0.05) is 13.1 Å². The fourth-order valence-corrected chi connectivity index (χ4v) is 3.38. The summed E-state index contributed by atoms with van der Waals surface area (Å²) in [6.07, 6.45) is 0.874. The molecule has 8 heteroatoms. The Morgan fingerprint density at radius 2 is 1.95 bits per heavy atom. The maximum absolute atomic E-state index is 12.5. The maximum atomic E-state index is 12.5. The molecule has 1 aliphatic heterocycles. The molecule has 0 unspecified atom stereocenters. The monoisotopic (exact) mass is 350 g/mol. The molecule has 1 amide bonds. The number of likely N-dealkylation sites (tertiary alicyclic amines) is 1. The van der Waals surface area contributed by atoms with Crippen molar-refractivity contribution in [3.63, 3.8) is 0 Å². The summed E-state index contributed by atoms with van der Waals surface area (Å²) in [6, 6.07) is 2.32. The molecule has 2 rings (SSSR count). The lowest BCUT2D eigenvalue weighted by molar-refractivity contribution is 0.0778. The van der Waals surface area contributed by atoms with Crippen molar-refractivity contribution in [3.05, 3.63) is 27.7 Å². The van der Waals surface area contributed by atoms with Crippen LogP contribution in [0.5, 0.6) is 0 Å². The number of rotatable bonds is 2. The van der Waals surface area contributed by atoms with Gasteiger partial charge in [-0.3, -0.25) is 4.79 Å². The van der Waals surface area contributed by atoms with E-state index in [4.69, 9.17) is 28.3 Å². The maximum Gasteiger partial charge on any atom is 0.255 e. The lowest BCUT2D eigenvalue weighted by Crippen LogP contribution is -2.30. The molecule has 2 N–H and O–H groups in total. The summed E-state index contributed by atoms with van der Waals surface area (Å²) in [5.41, 5.74) is 0.0922. The van der Waals surface area contributed by atoms with Crippen molar-refractivity contribution >= 4 is 39.1 Å². The molecule has 1 aliphatic rings. The number of primary sulfonamides is 1. The van der Waals surface area contributed by atoms with E-state index in [9.17, 15) is 13.2 Å². The highest BCUT2D eigenvalue weighted by Crippen LogP contribution is 2.34. The Bertz CT molecular complexity index is 702. The number of benzene rings is 1. The van der Waals surface area contributed by atoms with Crippen LogP contribution in [0.3, 0.4) is 0 Å². The van der Waals surface area contributed by atoms with Crippen molar-refractivity contribution in [1.82, 2.24) is 4.90 Å². The Kier molecular flexibility index (Phi) is 4.28. The van der Waals surface area contributed by atoms with Crippen LogP contribution < -0.4 is 5.14 Å². The van der Waals surface area contributed by atoms with Crippen LogP contribution in [0.4, 0.5) is 0 Å². The molecule has 0 radical (unpaired) electrons. The first-order valence-electron chi connectivity index (χ1n) is 6.32. The number of hydrogen-bond donors (Lipinski definition) is 1. The zero-order valence-corrected chi connectivity index (χ0v) is 14.0. The molecule has 0 bridgehead atoms. The molecule has 0 atom stereocenters. The average molecular weight is 351 g/mol. The average Bonchev–Trinajstić information content (AvgIpc) is 2.71. The van der Waals surface area contributed by atoms with E-state index in [1.165, 1.54) is 6.07 Å². The van der Waals surface area contributed by atoms with E-state index in [2.05, 4.69) is 13.8 Å². The van der Waals surface area contributed by atoms with E-state index in [0.29, 0.717) is 13.1 Å². The zero-order chi connectivity index (χ0) is 16.0. The minimum Gasteiger partial charge on any atom is -0.338 e. The van der Waals surface area contributed by atoms with Gasteiger partial charge < -0.3 is 4.90 Å². The van der Waals surface area contributed by atoms with Gasteiger partial charge in [0.15, 0.2) is 0 Å². The molecule has 0 aliphatic carbocycles. The van der Waals surface area contributed by atoms with Crippen molar-refractivity contribution in [1.29, 1.82) is 0 Å². The molecule has 116 valence electrons. The number of carbonyl (C=O) groups is 1. The van der Waals surface area contributed by atoms with Crippen LogP contribution in [0.25, 0.3) is 0 Å². The van der Waals surface area contributed by atoms with Crippen molar-refractivity contribution in [2.45, 2.75) is 25.2 Å². The first-order chi connectivity index (χ1) is 9.51. The predicted molar refractivity (Wildman–Crippen MR) is 82.1 cm³/mol. The zero-order valence-electron chi connectivity index (χ0n) is 11.7. The molecule has 21 heavy (non-hydrogen) atoms. The van der Waals surface area contributed by atoms with Gasteiger partial charge in [-0.1, -0.05) is 37.0 Å². The van der Waals surface area contributed by atoms with Gasteiger partial charge in [0.25, 0.3) is 5.91 Å². The molecule has 1 fully saturated rings. The number of carbonyl (C=O) groups excluding carboxylic acids is 1. The fraction of sp³-hybridized carbons (Fsp3) is 0.462. The molecular formula is C13H16Cl2N2O3S. The van der Waals surface area contributed by atoms with Crippen LogP contribution >= 0.6 is 23.2 Å². The third-order valence-corrected chi connectivity index (χ3v) is 5.22. The predicted octanol–water partition coefficient (Wildman–Crippen LogP) is 2.51. The summed E-state index contributed by atoms with van der Waals surface area (Å²) in [5, 5.41) is 5.12. The SMILES string of the molecule is CC1(C)CCN(C(=O)c2cc(S(N)(=O)=O)cc(Cl)c2Cl)C1. The standard InChI is InChI=1S/C13H16Cl2N2O3S/c1-13(2)3-4-17(7-13)12(18)9-5-8(21(16,19)20)6-10(14)11(9)15/h5-6H,3-4,7H2,1-2H3,(H2,16,19,20). The van der Waals surface area contributed by atoms with Gasteiger partial charge >= 0.3 is 0 Å². The lowest BCUT2D eigenvalue weighted by atomic mass is 9.93. The summed E-state index contributed by atoms with van der Waals surface area (Å²) >= 11 is 12.0.